The smallest absolute Gasteiger partial charge is 0.313 e. The van der Waals surface area contributed by atoms with Gasteiger partial charge in [-0.05, 0) is 36.5 Å². The molecule has 1 unspecified atom stereocenters. The number of halogens is 1. The maximum Gasteiger partial charge on any atom is 0.313 e. The highest BCUT2D eigenvalue weighted by atomic mass is 19.1. The van der Waals surface area contributed by atoms with Crippen molar-refractivity contribution in [2.24, 2.45) is 5.92 Å². The van der Waals surface area contributed by atoms with Crippen LogP contribution in [0.15, 0.2) is 18.2 Å². The third kappa shape index (κ3) is 2.57. The molecule has 2 rings (SSSR count). The Morgan fingerprint density at radius 3 is 2.59 bits per heavy atom. The number of esters is 1. The lowest BCUT2D eigenvalue weighted by molar-refractivity contribution is -0.143. The summed E-state index contributed by atoms with van der Waals surface area (Å²) in [6.07, 6.45) is 1.97. The van der Waals surface area contributed by atoms with Crippen LogP contribution in [-0.2, 0) is 9.53 Å². The highest BCUT2D eigenvalue weighted by Gasteiger charge is 2.38. The molecule has 1 aromatic carbocycles. The van der Waals surface area contributed by atoms with Gasteiger partial charge in [0.25, 0.3) is 0 Å². The summed E-state index contributed by atoms with van der Waals surface area (Å²) >= 11 is 0. The Bertz CT molecular complexity index is 427. The predicted molar refractivity (Wildman–Crippen MR) is 60.4 cm³/mol. The molecule has 92 valence electrons. The zero-order chi connectivity index (χ0) is 12.4. The fourth-order valence-corrected chi connectivity index (χ4v) is 2.04. The average Bonchev–Trinajstić information content (AvgIpc) is 3.12. The highest BCUT2D eigenvalue weighted by Crippen LogP contribution is 2.44. The number of ether oxygens (including phenoxy) is 2. The lowest BCUT2D eigenvalue weighted by atomic mass is 9.94. The Morgan fingerprint density at radius 2 is 2.06 bits per heavy atom. The third-order valence-corrected chi connectivity index (χ3v) is 3.04. The Kier molecular flexibility index (Phi) is 3.31. The van der Waals surface area contributed by atoms with E-state index in [-0.39, 0.29) is 17.8 Å². The van der Waals surface area contributed by atoms with Crippen LogP contribution in [0.2, 0.25) is 0 Å². The molecule has 17 heavy (non-hydrogen) atoms. The van der Waals surface area contributed by atoms with E-state index in [0.29, 0.717) is 11.3 Å². The average molecular weight is 238 g/mol. The van der Waals surface area contributed by atoms with Gasteiger partial charge in [-0.1, -0.05) is 0 Å². The standard InChI is InChI=1S/C13H15FO3/c1-16-11-6-9(5-10(14)7-11)12(8-3-4-8)13(15)17-2/h5-8,12H,3-4H2,1-2H3. The van der Waals surface area contributed by atoms with Crippen molar-refractivity contribution in [1.82, 2.24) is 0 Å². The first-order valence-electron chi connectivity index (χ1n) is 5.58. The molecule has 0 bridgehead atoms. The van der Waals surface area contributed by atoms with E-state index in [1.165, 1.54) is 26.4 Å². The van der Waals surface area contributed by atoms with E-state index in [9.17, 15) is 9.18 Å². The molecule has 1 fully saturated rings. The lowest BCUT2D eigenvalue weighted by Crippen LogP contribution is -2.16. The maximum absolute atomic E-state index is 13.4. The molecule has 0 amide bonds. The number of carbonyl (C=O) groups excluding carboxylic acids is 1. The minimum absolute atomic E-state index is 0.272. The van der Waals surface area contributed by atoms with Gasteiger partial charge in [0.15, 0.2) is 0 Å². The summed E-state index contributed by atoms with van der Waals surface area (Å²) in [5, 5.41) is 0. The molecule has 1 saturated carbocycles. The summed E-state index contributed by atoms with van der Waals surface area (Å²) in [5.74, 6) is -0.373. The fourth-order valence-electron chi connectivity index (χ4n) is 2.04. The summed E-state index contributed by atoms with van der Waals surface area (Å²) in [6.45, 7) is 0. The van der Waals surface area contributed by atoms with Crippen LogP contribution < -0.4 is 4.74 Å². The maximum atomic E-state index is 13.4. The van der Waals surface area contributed by atoms with Gasteiger partial charge in [-0.15, -0.1) is 0 Å². The molecule has 0 aliphatic heterocycles. The van der Waals surface area contributed by atoms with Gasteiger partial charge in [0.05, 0.1) is 20.1 Å². The molecule has 4 heteroatoms. The Hall–Kier alpha value is -1.58. The number of carbonyl (C=O) groups is 1. The van der Waals surface area contributed by atoms with Crippen LogP contribution in [0.3, 0.4) is 0 Å². The van der Waals surface area contributed by atoms with Crippen LogP contribution in [0.4, 0.5) is 4.39 Å². The van der Waals surface area contributed by atoms with Gasteiger partial charge >= 0.3 is 5.97 Å². The van der Waals surface area contributed by atoms with Crippen molar-refractivity contribution >= 4 is 5.97 Å². The molecule has 1 aromatic rings. The van der Waals surface area contributed by atoms with Crippen LogP contribution in [0, 0.1) is 11.7 Å². The molecule has 1 aliphatic carbocycles. The minimum Gasteiger partial charge on any atom is -0.497 e. The van der Waals surface area contributed by atoms with E-state index in [1.807, 2.05) is 0 Å². The van der Waals surface area contributed by atoms with Gasteiger partial charge in [-0.25, -0.2) is 4.39 Å². The summed E-state index contributed by atoms with van der Waals surface area (Å²) in [7, 11) is 2.83. The Balaban J connectivity index is 2.34. The summed E-state index contributed by atoms with van der Waals surface area (Å²) in [5.41, 5.74) is 0.635. The van der Waals surface area contributed by atoms with Gasteiger partial charge in [-0.2, -0.15) is 0 Å². The van der Waals surface area contributed by atoms with E-state index in [4.69, 9.17) is 9.47 Å². The number of methoxy groups -OCH3 is 2. The van der Waals surface area contributed by atoms with Gasteiger partial charge in [-0.3, -0.25) is 4.79 Å². The van der Waals surface area contributed by atoms with Crippen molar-refractivity contribution < 1.29 is 18.7 Å². The van der Waals surface area contributed by atoms with Crippen LogP contribution >= 0.6 is 0 Å². The van der Waals surface area contributed by atoms with Crippen molar-refractivity contribution in [1.29, 1.82) is 0 Å². The first kappa shape index (κ1) is 11.9. The van der Waals surface area contributed by atoms with E-state index >= 15 is 0 Å². The molecule has 1 atom stereocenters. The van der Waals surface area contributed by atoms with Crippen LogP contribution in [0.1, 0.15) is 24.3 Å². The molecule has 0 heterocycles. The first-order valence-corrected chi connectivity index (χ1v) is 5.58. The van der Waals surface area contributed by atoms with Gasteiger partial charge < -0.3 is 9.47 Å². The van der Waals surface area contributed by atoms with Gasteiger partial charge in [0, 0.05) is 6.07 Å². The van der Waals surface area contributed by atoms with Crippen molar-refractivity contribution in [3.63, 3.8) is 0 Å². The molecule has 0 spiro atoms. The third-order valence-electron chi connectivity index (χ3n) is 3.04. The number of hydrogen-bond donors (Lipinski definition) is 0. The molecular formula is C13H15FO3. The quantitative estimate of drug-likeness (QED) is 0.756. The van der Waals surface area contributed by atoms with Gasteiger partial charge in [0.1, 0.15) is 11.6 Å². The molecule has 0 radical (unpaired) electrons. The van der Waals surface area contributed by atoms with Crippen molar-refractivity contribution in [2.75, 3.05) is 14.2 Å². The second-order valence-electron chi connectivity index (χ2n) is 4.26. The van der Waals surface area contributed by atoms with Crippen LogP contribution in [-0.4, -0.2) is 20.2 Å². The van der Waals surface area contributed by atoms with Crippen LogP contribution in [0.25, 0.3) is 0 Å². The monoisotopic (exact) mass is 238 g/mol. The van der Waals surface area contributed by atoms with Crippen LogP contribution in [0.5, 0.6) is 5.75 Å². The number of hydrogen-bond acceptors (Lipinski definition) is 3. The van der Waals surface area contributed by atoms with Crippen molar-refractivity contribution in [3.05, 3.63) is 29.6 Å². The molecule has 1 aliphatic rings. The zero-order valence-corrected chi connectivity index (χ0v) is 9.90. The highest BCUT2D eigenvalue weighted by molar-refractivity contribution is 5.79. The molecule has 3 nitrogen and oxygen atoms in total. The van der Waals surface area contributed by atoms with Crippen molar-refractivity contribution in [3.8, 4) is 5.75 Å². The molecule has 0 saturated heterocycles. The Morgan fingerprint density at radius 1 is 1.35 bits per heavy atom. The summed E-state index contributed by atoms with van der Waals surface area (Å²) in [4.78, 5) is 11.7. The number of rotatable bonds is 4. The van der Waals surface area contributed by atoms with E-state index in [0.717, 1.165) is 12.8 Å². The zero-order valence-electron chi connectivity index (χ0n) is 9.90. The van der Waals surface area contributed by atoms with E-state index < -0.39 is 5.82 Å². The second kappa shape index (κ2) is 4.73. The second-order valence-corrected chi connectivity index (χ2v) is 4.26. The predicted octanol–water partition coefficient (Wildman–Crippen LogP) is 2.50. The Labute approximate surface area is 99.5 Å². The normalized spacial score (nSPS) is 16.4. The largest absolute Gasteiger partial charge is 0.497 e. The minimum atomic E-state index is -0.395. The van der Waals surface area contributed by atoms with Gasteiger partial charge in [0.2, 0.25) is 0 Å². The topological polar surface area (TPSA) is 35.5 Å². The summed E-state index contributed by atoms with van der Waals surface area (Å²) in [6, 6.07) is 4.37. The lowest BCUT2D eigenvalue weighted by Gasteiger charge is -2.15. The number of benzene rings is 1. The molecule has 0 N–H and O–H groups in total. The first-order chi connectivity index (χ1) is 8.15. The fraction of sp³-hybridized carbons (Fsp3) is 0.462. The molecular weight excluding hydrogens is 223 g/mol. The van der Waals surface area contributed by atoms with E-state index in [1.54, 1.807) is 6.07 Å². The molecule has 0 aromatic heterocycles. The SMILES string of the molecule is COC(=O)C(c1cc(F)cc(OC)c1)C1CC1. The van der Waals surface area contributed by atoms with E-state index in [2.05, 4.69) is 0 Å². The summed E-state index contributed by atoms with van der Waals surface area (Å²) < 4.78 is 23.2. The van der Waals surface area contributed by atoms with Crippen molar-refractivity contribution in [2.45, 2.75) is 18.8 Å².